The van der Waals surface area contributed by atoms with Gasteiger partial charge in [-0.05, 0) is 99.8 Å². The van der Waals surface area contributed by atoms with Crippen LogP contribution in [0.25, 0.3) is 77.0 Å². The van der Waals surface area contributed by atoms with Crippen molar-refractivity contribution in [3.05, 3.63) is 164 Å². The molecule has 0 amide bonds. The molecule has 10 aromatic rings. The Morgan fingerprint density at radius 3 is 2.16 bits per heavy atom. The van der Waals surface area contributed by atoms with E-state index in [1.807, 2.05) is 48.8 Å². The van der Waals surface area contributed by atoms with Crippen LogP contribution in [0.1, 0.15) is 0 Å². The van der Waals surface area contributed by atoms with Gasteiger partial charge in [-0.2, -0.15) is 0 Å². The van der Waals surface area contributed by atoms with Crippen molar-refractivity contribution in [3.8, 4) is 22.3 Å². The standard InChI is InChI=1S/C44H27N3O2/c1-2-8-28(9-3-1)37-26-33(24-30-10-4-5-11-34(30)37)47(32-19-20-39-38(25-32)44-41(48-39)14-7-22-46-44)31-17-15-29(16-18-31)35-12-6-13-40-43(35)36-21-23-45-27-42(36)49-40/h1-27H. The first kappa shape index (κ1) is 27.4. The lowest BCUT2D eigenvalue weighted by Gasteiger charge is -2.27. The zero-order chi connectivity index (χ0) is 32.3. The van der Waals surface area contributed by atoms with Crippen LogP contribution >= 0.6 is 0 Å². The zero-order valence-electron chi connectivity index (χ0n) is 26.2. The number of aromatic nitrogens is 2. The van der Waals surface area contributed by atoms with Crippen molar-refractivity contribution in [2.24, 2.45) is 0 Å². The summed E-state index contributed by atoms with van der Waals surface area (Å²) in [5.41, 5.74) is 11.8. The van der Waals surface area contributed by atoms with Gasteiger partial charge in [-0.3, -0.25) is 9.97 Å². The van der Waals surface area contributed by atoms with Crippen LogP contribution in [-0.2, 0) is 0 Å². The van der Waals surface area contributed by atoms with Gasteiger partial charge in [-0.25, -0.2) is 0 Å². The van der Waals surface area contributed by atoms with Gasteiger partial charge in [-0.1, -0.05) is 78.9 Å². The van der Waals surface area contributed by atoms with Gasteiger partial charge in [0, 0.05) is 45.6 Å². The zero-order valence-corrected chi connectivity index (χ0v) is 26.2. The number of furan rings is 2. The minimum atomic E-state index is 0.777. The molecule has 0 fully saturated rings. The molecular formula is C44H27N3O2. The Kier molecular flexibility index (Phi) is 6.11. The molecule has 0 saturated carbocycles. The second-order valence-corrected chi connectivity index (χ2v) is 12.2. The van der Waals surface area contributed by atoms with Crippen LogP contribution in [0.2, 0.25) is 0 Å². The van der Waals surface area contributed by atoms with Crippen LogP contribution in [-0.4, -0.2) is 9.97 Å². The number of fused-ring (bicyclic) bond motifs is 7. The summed E-state index contributed by atoms with van der Waals surface area (Å²) < 4.78 is 12.3. The van der Waals surface area contributed by atoms with Crippen molar-refractivity contribution in [2.75, 3.05) is 4.90 Å². The number of rotatable bonds is 5. The molecule has 0 radical (unpaired) electrons. The third kappa shape index (κ3) is 4.48. The molecule has 5 nitrogen and oxygen atoms in total. The molecule has 0 spiro atoms. The highest BCUT2D eigenvalue weighted by Gasteiger charge is 2.19. The van der Waals surface area contributed by atoms with Gasteiger partial charge in [0.1, 0.15) is 16.7 Å². The van der Waals surface area contributed by atoms with E-state index in [1.54, 1.807) is 6.20 Å². The molecule has 230 valence electrons. The van der Waals surface area contributed by atoms with Gasteiger partial charge in [0.05, 0.1) is 6.20 Å². The Labute approximate surface area is 281 Å². The SMILES string of the molecule is c1ccc(-c2cc(N(c3ccc(-c4cccc5oc6cnccc6c45)cc3)c3ccc4oc5cccnc5c4c3)cc3ccccc23)cc1. The molecule has 5 heteroatoms. The lowest BCUT2D eigenvalue weighted by Crippen LogP contribution is -2.10. The Morgan fingerprint density at radius 1 is 0.449 bits per heavy atom. The predicted octanol–water partition coefficient (Wildman–Crippen LogP) is 12.2. The maximum atomic E-state index is 6.16. The molecule has 0 bridgehead atoms. The summed E-state index contributed by atoms with van der Waals surface area (Å²) in [6.45, 7) is 0. The lowest BCUT2D eigenvalue weighted by atomic mass is 9.96. The van der Waals surface area contributed by atoms with Crippen LogP contribution in [0.5, 0.6) is 0 Å². The van der Waals surface area contributed by atoms with Gasteiger partial charge in [0.25, 0.3) is 0 Å². The molecule has 0 aliphatic carbocycles. The number of hydrogen-bond acceptors (Lipinski definition) is 5. The number of nitrogens with zero attached hydrogens (tertiary/aromatic N) is 3. The highest BCUT2D eigenvalue weighted by atomic mass is 16.3. The average Bonchev–Trinajstić information content (AvgIpc) is 3.74. The smallest absolute Gasteiger partial charge is 0.153 e. The number of benzene rings is 6. The molecule has 6 aromatic carbocycles. The molecule has 0 aliphatic rings. The topological polar surface area (TPSA) is 55.3 Å². The van der Waals surface area contributed by atoms with E-state index < -0.39 is 0 Å². The Morgan fingerprint density at radius 2 is 1.24 bits per heavy atom. The van der Waals surface area contributed by atoms with E-state index in [2.05, 4.69) is 124 Å². The highest BCUT2D eigenvalue weighted by Crippen LogP contribution is 2.43. The summed E-state index contributed by atoms with van der Waals surface area (Å²) in [5.74, 6) is 0. The van der Waals surface area contributed by atoms with Crippen molar-refractivity contribution < 1.29 is 8.83 Å². The largest absolute Gasteiger partial charge is 0.454 e. The van der Waals surface area contributed by atoms with Crippen molar-refractivity contribution in [2.45, 2.75) is 0 Å². The number of pyridine rings is 2. The van der Waals surface area contributed by atoms with Crippen LogP contribution in [0, 0.1) is 0 Å². The van der Waals surface area contributed by atoms with Crippen molar-refractivity contribution in [3.63, 3.8) is 0 Å². The molecular weight excluding hydrogens is 603 g/mol. The first-order chi connectivity index (χ1) is 24.3. The molecule has 4 heterocycles. The third-order valence-corrected chi connectivity index (χ3v) is 9.39. The van der Waals surface area contributed by atoms with E-state index in [9.17, 15) is 0 Å². The first-order valence-corrected chi connectivity index (χ1v) is 16.3. The van der Waals surface area contributed by atoms with Gasteiger partial charge < -0.3 is 13.7 Å². The van der Waals surface area contributed by atoms with Crippen LogP contribution < -0.4 is 4.90 Å². The number of anilines is 3. The second kappa shape index (κ2) is 10.9. The summed E-state index contributed by atoms with van der Waals surface area (Å²) in [6, 6.07) is 51.1. The fourth-order valence-electron chi connectivity index (χ4n) is 7.16. The quantitative estimate of drug-likeness (QED) is 0.190. The molecule has 0 aliphatic heterocycles. The normalized spacial score (nSPS) is 11.7. The van der Waals surface area contributed by atoms with Crippen molar-refractivity contribution in [1.29, 1.82) is 0 Å². The summed E-state index contributed by atoms with van der Waals surface area (Å²) in [4.78, 5) is 11.3. The van der Waals surface area contributed by atoms with Gasteiger partial charge in [0.2, 0.25) is 0 Å². The molecule has 0 unspecified atom stereocenters. The average molecular weight is 630 g/mol. The summed E-state index contributed by atoms with van der Waals surface area (Å²) in [7, 11) is 0. The predicted molar refractivity (Wildman–Crippen MR) is 200 cm³/mol. The Hall–Kier alpha value is -6.72. The van der Waals surface area contributed by atoms with Crippen molar-refractivity contribution in [1.82, 2.24) is 9.97 Å². The van der Waals surface area contributed by atoms with E-state index in [0.717, 1.165) is 72.2 Å². The third-order valence-electron chi connectivity index (χ3n) is 9.39. The monoisotopic (exact) mass is 629 g/mol. The first-order valence-electron chi connectivity index (χ1n) is 16.3. The molecule has 10 rings (SSSR count). The number of hydrogen-bond donors (Lipinski definition) is 0. The Bertz CT molecular complexity index is 2830. The fourth-order valence-corrected chi connectivity index (χ4v) is 7.16. The van der Waals surface area contributed by atoms with E-state index >= 15 is 0 Å². The van der Waals surface area contributed by atoms with Gasteiger partial charge >= 0.3 is 0 Å². The van der Waals surface area contributed by atoms with E-state index in [1.165, 1.54) is 21.9 Å². The van der Waals surface area contributed by atoms with Crippen LogP contribution in [0.3, 0.4) is 0 Å². The van der Waals surface area contributed by atoms with Crippen LogP contribution in [0.15, 0.2) is 173 Å². The molecule has 0 saturated heterocycles. The molecule has 0 N–H and O–H groups in total. The molecule has 0 atom stereocenters. The maximum Gasteiger partial charge on any atom is 0.153 e. The van der Waals surface area contributed by atoms with Gasteiger partial charge in [0.15, 0.2) is 11.2 Å². The fraction of sp³-hybridized carbons (Fsp3) is 0. The highest BCUT2D eigenvalue weighted by molar-refractivity contribution is 6.12. The maximum absolute atomic E-state index is 6.16. The molecule has 4 aromatic heterocycles. The Balaban J connectivity index is 1.18. The van der Waals surface area contributed by atoms with E-state index in [-0.39, 0.29) is 0 Å². The lowest BCUT2D eigenvalue weighted by molar-refractivity contribution is 0.667. The minimum absolute atomic E-state index is 0.777. The van der Waals surface area contributed by atoms with E-state index in [4.69, 9.17) is 8.83 Å². The molecule has 49 heavy (non-hydrogen) atoms. The summed E-state index contributed by atoms with van der Waals surface area (Å²) >= 11 is 0. The van der Waals surface area contributed by atoms with Crippen molar-refractivity contribution >= 4 is 71.8 Å². The minimum Gasteiger partial charge on any atom is -0.454 e. The van der Waals surface area contributed by atoms with E-state index in [0.29, 0.717) is 0 Å². The summed E-state index contributed by atoms with van der Waals surface area (Å²) in [5, 5.41) is 5.52. The van der Waals surface area contributed by atoms with Crippen LogP contribution in [0.4, 0.5) is 17.1 Å². The second-order valence-electron chi connectivity index (χ2n) is 12.2. The summed E-state index contributed by atoms with van der Waals surface area (Å²) in [6.07, 6.45) is 5.41. The van der Waals surface area contributed by atoms with Gasteiger partial charge in [-0.15, -0.1) is 0 Å².